The summed E-state index contributed by atoms with van der Waals surface area (Å²) in [6.07, 6.45) is 3.78. The van der Waals surface area contributed by atoms with Crippen LogP contribution in [0.1, 0.15) is 11.1 Å². The zero-order valence-electron chi connectivity index (χ0n) is 9.46. The van der Waals surface area contributed by atoms with Gasteiger partial charge in [0.15, 0.2) is 0 Å². The number of para-hydroxylation sites is 1. The third-order valence-corrected chi connectivity index (χ3v) is 2.60. The number of esters is 1. The highest BCUT2D eigenvalue weighted by atomic mass is 35.6. The minimum Gasteiger partial charge on any atom is -0.422 e. The lowest BCUT2D eigenvalue weighted by molar-refractivity contribution is -0.133. The molecule has 0 spiro atoms. The smallest absolute Gasteiger partial charge is 0.363 e. The fourth-order valence-corrected chi connectivity index (χ4v) is 1.47. The van der Waals surface area contributed by atoms with Crippen molar-refractivity contribution in [3.63, 3.8) is 0 Å². The molecule has 1 aromatic carbocycles. The van der Waals surface area contributed by atoms with E-state index in [1.165, 1.54) is 0 Å². The molecular weight excluding hydrogens is 294 g/mol. The zero-order chi connectivity index (χ0) is 13.8. The van der Waals surface area contributed by atoms with Gasteiger partial charge >= 0.3 is 5.97 Å². The number of hydrogen-bond acceptors (Lipinski definition) is 2. The molecule has 0 unspecified atom stereocenters. The first-order valence-corrected chi connectivity index (χ1v) is 6.17. The highest BCUT2D eigenvalue weighted by Gasteiger charge is 2.34. The fourth-order valence-electron chi connectivity index (χ4n) is 1.36. The number of halogens is 3. The van der Waals surface area contributed by atoms with Gasteiger partial charge in [0.1, 0.15) is 5.75 Å². The molecule has 96 valence electrons. The molecule has 0 aromatic heterocycles. The Kier molecular flexibility index (Phi) is 5.27. The van der Waals surface area contributed by atoms with Crippen molar-refractivity contribution in [3.05, 3.63) is 48.6 Å². The summed E-state index contributed by atoms with van der Waals surface area (Å²) in [5, 5.41) is 0. The van der Waals surface area contributed by atoms with E-state index in [-0.39, 0.29) is 0 Å². The van der Waals surface area contributed by atoms with Crippen LogP contribution in [0.25, 0.3) is 6.08 Å². The molecule has 1 aromatic rings. The Bertz CT molecular complexity index is 476. The lowest BCUT2D eigenvalue weighted by atomic mass is 10.1. The second kappa shape index (κ2) is 6.28. The van der Waals surface area contributed by atoms with E-state index < -0.39 is 9.76 Å². The van der Waals surface area contributed by atoms with Gasteiger partial charge in [0, 0.05) is 5.56 Å². The van der Waals surface area contributed by atoms with Crippen molar-refractivity contribution in [2.75, 3.05) is 0 Å². The standard InChI is InChI=1S/C13H11Cl3O2/c1-3-6-10-8-5-7-9(4-2)11(10)18-12(17)13(14,15)16/h3-5,7-8H,1-2,6H2. The average molecular weight is 306 g/mol. The summed E-state index contributed by atoms with van der Waals surface area (Å²) in [5.41, 5.74) is 1.42. The summed E-state index contributed by atoms with van der Waals surface area (Å²) >= 11 is 16.4. The van der Waals surface area contributed by atoms with E-state index in [9.17, 15) is 4.79 Å². The Morgan fingerprint density at radius 3 is 2.50 bits per heavy atom. The van der Waals surface area contributed by atoms with Crippen molar-refractivity contribution in [2.45, 2.75) is 10.2 Å². The van der Waals surface area contributed by atoms with E-state index in [1.807, 2.05) is 6.07 Å². The van der Waals surface area contributed by atoms with Crippen LogP contribution in [0.3, 0.4) is 0 Å². The van der Waals surface area contributed by atoms with Gasteiger partial charge in [-0.15, -0.1) is 6.58 Å². The number of alkyl halides is 3. The number of rotatable bonds is 4. The van der Waals surface area contributed by atoms with E-state index in [2.05, 4.69) is 13.2 Å². The number of ether oxygens (including phenoxy) is 1. The van der Waals surface area contributed by atoms with Gasteiger partial charge in [-0.05, 0) is 12.0 Å². The molecule has 18 heavy (non-hydrogen) atoms. The van der Waals surface area contributed by atoms with Gasteiger partial charge in [-0.25, -0.2) is 4.79 Å². The van der Waals surface area contributed by atoms with Crippen LogP contribution in [-0.4, -0.2) is 9.76 Å². The fraction of sp³-hybridized carbons (Fsp3) is 0.154. The summed E-state index contributed by atoms with van der Waals surface area (Å²) < 4.78 is 3.02. The van der Waals surface area contributed by atoms with Crippen LogP contribution in [0.5, 0.6) is 5.75 Å². The van der Waals surface area contributed by atoms with E-state index in [0.717, 1.165) is 5.56 Å². The second-order valence-corrected chi connectivity index (χ2v) is 5.70. The van der Waals surface area contributed by atoms with Gasteiger partial charge in [-0.2, -0.15) is 0 Å². The third kappa shape index (κ3) is 3.77. The van der Waals surface area contributed by atoms with Gasteiger partial charge in [-0.3, -0.25) is 0 Å². The number of allylic oxidation sites excluding steroid dienone is 1. The SMILES string of the molecule is C=CCc1cccc(C=C)c1OC(=O)C(Cl)(Cl)Cl. The molecule has 0 amide bonds. The number of carbonyl (C=O) groups is 1. The van der Waals surface area contributed by atoms with Crippen molar-refractivity contribution in [2.24, 2.45) is 0 Å². The molecule has 0 aliphatic carbocycles. The van der Waals surface area contributed by atoms with Crippen molar-refractivity contribution in [3.8, 4) is 5.75 Å². The summed E-state index contributed by atoms with van der Waals surface area (Å²) in [5.74, 6) is -0.615. The van der Waals surface area contributed by atoms with Gasteiger partial charge in [0.25, 0.3) is 3.79 Å². The molecule has 5 heteroatoms. The molecule has 0 aliphatic rings. The Hall–Kier alpha value is -0.960. The lowest BCUT2D eigenvalue weighted by Gasteiger charge is -2.15. The van der Waals surface area contributed by atoms with Crippen LogP contribution in [-0.2, 0) is 11.2 Å². The van der Waals surface area contributed by atoms with Crippen LogP contribution in [0.2, 0.25) is 0 Å². The maximum Gasteiger partial charge on any atom is 0.363 e. The van der Waals surface area contributed by atoms with Crippen LogP contribution < -0.4 is 4.74 Å². The van der Waals surface area contributed by atoms with Crippen molar-refractivity contribution in [1.29, 1.82) is 0 Å². The third-order valence-electron chi connectivity index (χ3n) is 2.14. The first-order chi connectivity index (χ1) is 8.40. The quantitative estimate of drug-likeness (QED) is 0.358. The van der Waals surface area contributed by atoms with Gasteiger partial charge < -0.3 is 4.74 Å². The lowest BCUT2D eigenvalue weighted by Crippen LogP contribution is -2.25. The molecule has 0 N–H and O–H groups in total. The summed E-state index contributed by atoms with van der Waals surface area (Å²) in [7, 11) is 0. The second-order valence-electron chi connectivity index (χ2n) is 3.42. The van der Waals surface area contributed by atoms with E-state index in [1.54, 1.807) is 24.3 Å². The molecule has 0 radical (unpaired) electrons. The van der Waals surface area contributed by atoms with Gasteiger partial charge in [0.2, 0.25) is 0 Å². The summed E-state index contributed by atoms with van der Waals surface area (Å²) in [6.45, 7) is 7.28. The topological polar surface area (TPSA) is 26.3 Å². The van der Waals surface area contributed by atoms with Crippen LogP contribution >= 0.6 is 34.8 Å². The molecule has 0 fully saturated rings. The zero-order valence-corrected chi connectivity index (χ0v) is 11.7. The molecule has 2 nitrogen and oxygen atoms in total. The van der Waals surface area contributed by atoms with Crippen LogP contribution in [0.15, 0.2) is 37.4 Å². The Morgan fingerprint density at radius 2 is 2.00 bits per heavy atom. The Balaban J connectivity index is 3.16. The minimum atomic E-state index is -2.11. The molecule has 0 bridgehead atoms. The highest BCUT2D eigenvalue weighted by molar-refractivity contribution is 6.75. The molecule has 0 heterocycles. The molecular formula is C13H11Cl3O2. The maximum atomic E-state index is 11.6. The molecule has 1 rings (SSSR count). The number of benzene rings is 1. The summed E-state index contributed by atoms with van der Waals surface area (Å²) in [6, 6.07) is 5.37. The molecule has 0 saturated heterocycles. The number of carbonyl (C=O) groups excluding carboxylic acids is 1. The van der Waals surface area contributed by atoms with E-state index in [0.29, 0.717) is 17.7 Å². The van der Waals surface area contributed by atoms with Crippen LogP contribution in [0, 0.1) is 0 Å². The first kappa shape index (κ1) is 15.1. The van der Waals surface area contributed by atoms with Gasteiger partial charge in [-0.1, -0.05) is 71.7 Å². The Labute approximate surface area is 121 Å². The van der Waals surface area contributed by atoms with Crippen LogP contribution in [0.4, 0.5) is 0 Å². The monoisotopic (exact) mass is 304 g/mol. The first-order valence-electron chi connectivity index (χ1n) is 5.04. The predicted octanol–water partition coefficient (Wildman–Crippen LogP) is 4.33. The average Bonchev–Trinajstić information content (AvgIpc) is 2.30. The van der Waals surface area contributed by atoms with Gasteiger partial charge in [0.05, 0.1) is 0 Å². The van der Waals surface area contributed by atoms with Crippen molar-refractivity contribution < 1.29 is 9.53 Å². The molecule has 0 atom stereocenters. The highest BCUT2D eigenvalue weighted by Crippen LogP contribution is 2.32. The largest absolute Gasteiger partial charge is 0.422 e. The number of hydrogen-bond donors (Lipinski definition) is 0. The maximum absolute atomic E-state index is 11.6. The van der Waals surface area contributed by atoms with E-state index >= 15 is 0 Å². The predicted molar refractivity (Wildman–Crippen MR) is 76.4 cm³/mol. The molecule has 0 saturated carbocycles. The van der Waals surface area contributed by atoms with E-state index in [4.69, 9.17) is 39.5 Å². The normalized spacial score (nSPS) is 10.8. The molecule has 0 aliphatic heterocycles. The van der Waals surface area contributed by atoms with Crippen molar-refractivity contribution in [1.82, 2.24) is 0 Å². The minimum absolute atomic E-state index is 0.337. The Morgan fingerprint density at radius 1 is 1.33 bits per heavy atom. The van der Waals surface area contributed by atoms with Crippen molar-refractivity contribution >= 4 is 46.8 Å². The summed E-state index contributed by atoms with van der Waals surface area (Å²) in [4.78, 5) is 11.6.